The number of carbonyl (C=O) groups excluding carboxylic acids is 1. The van der Waals surface area contributed by atoms with E-state index in [9.17, 15) is 4.79 Å². The molecule has 7 heteroatoms. The Hall–Kier alpha value is -2.56. The summed E-state index contributed by atoms with van der Waals surface area (Å²) in [6, 6.07) is 10.6. The van der Waals surface area contributed by atoms with E-state index in [4.69, 9.17) is 10.00 Å². The minimum absolute atomic E-state index is 0.0192. The molecule has 0 saturated heterocycles. The van der Waals surface area contributed by atoms with Gasteiger partial charge in [-0.05, 0) is 30.2 Å². The van der Waals surface area contributed by atoms with Crippen LogP contribution in [0.25, 0.3) is 0 Å². The number of fused-ring (bicyclic) bond motifs is 3. The average molecular weight is 393 g/mol. The Morgan fingerprint density at radius 1 is 1.29 bits per heavy atom. The van der Waals surface area contributed by atoms with Gasteiger partial charge in [0.25, 0.3) is 0 Å². The van der Waals surface area contributed by atoms with Crippen LogP contribution in [-0.4, -0.2) is 37.3 Å². The Balaban J connectivity index is 1.60. The molecule has 1 spiro atoms. The van der Waals surface area contributed by atoms with Gasteiger partial charge in [0, 0.05) is 38.6 Å². The smallest absolute Gasteiger partial charge is 0.241 e. The highest BCUT2D eigenvalue weighted by Gasteiger charge is 2.55. The largest absolute Gasteiger partial charge is 0.361 e. The molecule has 28 heavy (non-hydrogen) atoms. The number of carbonyl (C=O) groups is 1. The van der Waals surface area contributed by atoms with Gasteiger partial charge in [-0.25, -0.2) is 9.97 Å². The summed E-state index contributed by atoms with van der Waals surface area (Å²) in [5.74, 6) is 0.708. The van der Waals surface area contributed by atoms with Crippen molar-refractivity contribution in [3.63, 3.8) is 0 Å². The van der Waals surface area contributed by atoms with Crippen LogP contribution in [0.3, 0.4) is 0 Å². The summed E-state index contributed by atoms with van der Waals surface area (Å²) in [5.41, 5.74) is 2.51. The molecule has 0 bridgehead atoms. The van der Waals surface area contributed by atoms with E-state index < -0.39 is 13.5 Å². The Kier molecular flexibility index (Phi) is 4.56. The monoisotopic (exact) mass is 392 g/mol. The summed E-state index contributed by atoms with van der Waals surface area (Å²) >= 11 is 0. The third-order valence-corrected chi connectivity index (χ3v) is 7.28. The van der Waals surface area contributed by atoms with Crippen LogP contribution in [0.1, 0.15) is 22.5 Å². The van der Waals surface area contributed by atoms with E-state index in [-0.39, 0.29) is 12.6 Å². The maximum absolute atomic E-state index is 13.5. The van der Waals surface area contributed by atoms with E-state index in [0.717, 1.165) is 22.9 Å². The Morgan fingerprint density at radius 3 is 2.86 bits per heavy atom. The van der Waals surface area contributed by atoms with Crippen LogP contribution in [0.5, 0.6) is 0 Å². The molecule has 0 N–H and O–H groups in total. The van der Waals surface area contributed by atoms with E-state index in [1.165, 1.54) is 0 Å². The summed E-state index contributed by atoms with van der Waals surface area (Å²) in [4.78, 5) is 24.1. The Bertz CT molecular complexity index is 979. The number of rotatable bonds is 5. The summed E-state index contributed by atoms with van der Waals surface area (Å²) in [6.45, 7) is 7.80. The van der Waals surface area contributed by atoms with Crippen LogP contribution < -0.4 is 4.90 Å². The van der Waals surface area contributed by atoms with Crippen LogP contribution in [0.2, 0.25) is 25.7 Å². The van der Waals surface area contributed by atoms with Crippen molar-refractivity contribution in [1.82, 2.24) is 9.97 Å². The molecule has 1 aliphatic carbocycles. The molecular weight excluding hydrogens is 368 g/mol. The number of anilines is 1. The zero-order valence-electron chi connectivity index (χ0n) is 16.5. The molecule has 1 aliphatic heterocycles. The molecule has 2 aliphatic rings. The number of amides is 1. The normalized spacial score (nSPS) is 20.4. The number of nitrogens with zero attached hydrogens (tertiary/aromatic N) is 4. The van der Waals surface area contributed by atoms with Crippen LogP contribution >= 0.6 is 0 Å². The molecule has 4 rings (SSSR count). The van der Waals surface area contributed by atoms with Crippen molar-refractivity contribution in [3.8, 4) is 6.07 Å². The zero-order valence-corrected chi connectivity index (χ0v) is 17.5. The van der Waals surface area contributed by atoms with Gasteiger partial charge in [0.15, 0.2) is 0 Å². The average Bonchev–Trinajstić information content (AvgIpc) is 3.15. The van der Waals surface area contributed by atoms with Crippen molar-refractivity contribution in [3.05, 3.63) is 53.0 Å². The summed E-state index contributed by atoms with van der Waals surface area (Å²) in [5, 5.41) is 9.14. The van der Waals surface area contributed by atoms with Gasteiger partial charge in [-0.1, -0.05) is 31.8 Å². The Morgan fingerprint density at radius 2 is 2.11 bits per heavy atom. The van der Waals surface area contributed by atoms with Gasteiger partial charge in [-0.3, -0.25) is 9.69 Å². The second kappa shape index (κ2) is 6.80. The predicted octanol–water partition coefficient (Wildman–Crippen LogP) is 3.04. The molecule has 1 unspecified atom stereocenters. The number of nitriles is 1. The Labute approximate surface area is 166 Å². The number of hydrogen-bond donors (Lipinski definition) is 0. The molecule has 2 aromatic rings. The fraction of sp³-hybridized carbons (Fsp3) is 0.429. The molecule has 144 valence electrons. The predicted molar refractivity (Wildman–Crippen MR) is 109 cm³/mol. The van der Waals surface area contributed by atoms with Crippen LogP contribution in [0, 0.1) is 11.3 Å². The summed E-state index contributed by atoms with van der Waals surface area (Å²) in [6.07, 6.45) is 2.80. The third-order valence-electron chi connectivity index (χ3n) is 5.57. The van der Waals surface area contributed by atoms with Gasteiger partial charge in [0.1, 0.15) is 24.3 Å². The van der Waals surface area contributed by atoms with Crippen molar-refractivity contribution in [2.75, 3.05) is 18.2 Å². The quantitative estimate of drug-likeness (QED) is 0.577. The van der Waals surface area contributed by atoms with E-state index in [2.05, 4.69) is 35.7 Å². The topological polar surface area (TPSA) is 79.1 Å². The van der Waals surface area contributed by atoms with E-state index in [1.54, 1.807) is 17.2 Å². The van der Waals surface area contributed by atoms with Crippen LogP contribution in [-0.2, 0) is 27.8 Å². The van der Waals surface area contributed by atoms with Gasteiger partial charge in [-0.15, -0.1) is 0 Å². The molecule has 0 fully saturated rings. The second-order valence-electron chi connectivity index (χ2n) is 8.81. The first-order chi connectivity index (χ1) is 13.3. The maximum atomic E-state index is 13.5. The number of hydrogen-bond acceptors (Lipinski definition) is 5. The van der Waals surface area contributed by atoms with E-state index >= 15 is 0 Å². The fourth-order valence-electron chi connectivity index (χ4n) is 4.03. The lowest BCUT2D eigenvalue weighted by molar-refractivity contribution is -0.124. The molecule has 1 atom stereocenters. The standard InChI is InChI=1S/C21H24N4O2Si/c1-28(2,3)10-9-27-14-25-19-17(5-4-8-23-19)21(20(25)26)11-15-6-7-16(13-22)24-18(15)12-21/h4-8H,9-12,14H2,1-3H3. The van der Waals surface area contributed by atoms with Crippen LogP contribution in [0.4, 0.5) is 5.82 Å². The van der Waals surface area contributed by atoms with Crippen molar-refractivity contribution in [2.24, 2.45) is 0 Å². The van der Waals surface area contributed by atoms with Crippen molar-refractivity contribution in [1.29, 1.82) is 5.26 Å². The fourth-order valence-corrected chi connectivity index (χ4v) is 4.79. The number of ether oxygens (including phenoxy) is 1. The van der Waals surface area contributed by atoms with E-state index in [0.29, 0.717) is 31.0 Å². The lowest BCUT2D eigenvalue weighted by Gasteiger charge is -2.23. The van der Waals surface area contributed by atoms with Gasteiger partial charge in [-0.2, -0.15) is 5.26 Å². The third kappa shape index (κ3) is 3.13. The summed E-state index contributed by atoms with van der Waals surface area (Å²) in [7, 11) is -1.19. The van der Waals surface area contributed by atoms with Crippen molar-refractivity contribution >= 4 is 19.8 Å². The maximum Gasteiger partial charge on any atom is 0.241 e. The number of aromatic nitrogens is 2. The van der Waals surface area contributed by atoms with Crippen molar-refractivity contribution < 1.29 is 9.53 Å². The number of pyridine rings is 2. The minimum Gasteiger partial charge on any atom is -0.361 e. The van der Waals surface area contributed by atoms with Gasteiger partial charge in [0.2, 0.25) is 5.91 Å². The van der Waals surface area contributed by atoms with Gasteiger partial charge >= 0.3 is 0 Å². The molecule has 0 saturated carbocycles. The first kappa shape index (κ1) is 18.8. The van der Waals surface area contributed by atoms with Gasteiger partial charge < -0.3 is 4.74 Å². The summed E-state index contributed by atoms with van der Waals surface area (Å²) < 4.78 is 5.88. The first-order valence-electron chi connectivity index (χ1n) is 9.58. The molecule has 6 nitrogen and oxygen atoms in total. The lowest BCUT2D eigenvalue weighted by atomic mass is 9.80. The van der Waals surface area contributed by atoms with E-state index in [1.807, 2.05) is 18.2 Å². The SMILES string of the molecule is C[Si](C)(C)CCOCN1C(=O)C2(Cc3ccc(C#N)nc3C2)c2cccnc21. The van der Waals surface area contributed by atoms with Crippen molar-refractivity contribution in [2.45, 2.75) is 43.9 Å². The molecular formula is C21H24N4O2Si. The molecule has 0 radical (unpaired) electrons. The van der Waals surface area contributed by atoms with Gasteiger partial charge in [0.05, 0.1) is 5.41 Å². The molecule has 2 aromatic heterocycles. The highest BCUT2D eigenvalue weighted by Crippen LogP contribution is 2.48. The molecule has 0 aromatic carbocycles. The highest BCUT2D eigenvalue weighted by molar-refractivity contribution is 6.76. The van der Waals surface area contributed by atoms with Crippen LogP contribution in [0.15, 0.2) is 30.5 Å². The minimum atomic E-state index is -1.19. The highest BCUT2D eigenvalue weighted by atomic mass is 28.3. The lowest BCUT2D eigenvalue weighted by Crippen LogP contribution is -2.42. The second-order valence-corrected chi connectivity index (χ2v) is 14.4. The first-order valence-corrected chi connectivity index (χ1v) is 13.3. The molecule has 1 amide bonds. The molecule has 3 heterocycles. The zero-order chi connectivity index (χ0) is 19.9.